The second kappa shape index (κ2) is 3.58. The second-order valence-corrected chi connectivity index (χ2v) is 5.23. The summed E-state index contributed by atoms with van der Waals surface area (Å²) in [6.45, 7) is 1.12. The quantitative estimate of drug-likeness (QED) is 0.803. The van der Waals surface area contributed by atoms with E-state index in [2.05, 4.69) is 32.3 Å². The molecule has 15 heavy (non-hydrogen) atoms. The van der Waals surface area contributed by atoms with Crippen LogP contribution >= 0.6 is 27.5 Å². The third kappa shape index (κ3) is 1.63. The number of halogens is 2. The van der Waals surface area contributed by atoms with Crippen LogP contribution in [0.2, 0.25) is 5.02 Å². The number of pyridine rings is 1. The van der Waals surface area contributed by atoms with Crippen molar-refractivity contribution in [3.05, 3.63) is 33.5 Å². The van der Waals surface area contributed by atoms with E-state index in [0.29, 0.717) is 15.7 Å². The van der Waals surface area contributed by atoms with Gasteiger partial charge in [0.05, 0.1) is 5.02 Å². The maximum atomic E-state index is 6.03. The van der Waals surface area contributed by atoms with Gasteiger partial charge in [-0.15, -0.1) is 0 Å². The summed E-state index contributed by atoms with van der Waals surface area (Å²) in [7, 11) is 0. The fourth-order valence-corrected chi connectivity index (χ4v) is 2.58. The summed E-state index contributed by atoms with van der Waals surface area (Å²) in [5, 5.41) is 4.10. The fraction of sp³-hybridized carbons (Fsp3) is 0.364. The predicted octanol–water partition coefficient (Wildman–Crippen LogP) is 2.87. The van der Waals surface area contributed by atoms with Crippen LogP contribution in [0.1, 0.15) is 12.0 Å². The molecule has 2 aliphatic rings. The number of hydrogen-bond donors (Lipinski definition) is 1. The molecule has 0 amide bonds. The van der Waals surface area contributed by atoms with Gasteiger partial charge in [-0.2, -0.15) is 0 Å². The van der Waals surface area contributed by atoms with Gasteiger partial charge in [-0.05, 0) is 39.6 Å². The molecular weight excluding hydrogens is 275 g/mol. The third-order valence-corrected chi connectivity index (χ3v) is 4.30. The van der Waals surface area contributed by atoms with E-state index >= 15 is 0 Å². The van der Waals surface area contributed by atoms with Crippen molar-refractivity contribution in [2.45, 2.75) is 12.5 Å². The van der Waals surface area contributed by atoms with Crippen molar-refractivity contribution in [1.29, 1.82) is 0 Å². The lowest BCUT2D eigenvalue weighted by atomic mass is 9.95. The van der Waals surface area contributed by atoms with Gasteiger partial charge < -0.3 is 5.32 Å². The largest absolute Gasteiger partial charge is 0.312 e. The first-order chi connectivity index (χ1) is 7.24. The summed E-state index contributed by atoms with van der Waals surface area (Å²) in [5.41, 5.74) is 2.52. The molecule has 1 N–H and O–H groups in total. The predicted molar refractivity (Wildman–Crippen MR) is 64.8 cm³/mol. The number of hydrogen-bond acceptors (Lipinski definition) is 2. The number of nitrogens with one attached hydrogen (secondary N) is 1. The minimum Gasteiger partial charge on any atom is -0.312 e. The van der Waals surface area contributed by atoms with E-state index in [9.17, 15) is 0 Å². The number of nitrogens with zero attached hydrogens (tertiary/aromatic N) is 1. The molecule has 0 saturated carbocycles. The monoisotopic (exact) mass is 284 g/mol. The Bertz CT molecular complexity index is 444. The summed E-state index contributed by atoms with van der Waals surface area (Å²) in [6, 6.07) is 2.64. The average molecular weight is 286 g/mol. The average Bonchev–Trinajstić information content (AvgIpc) is 2.48. The molecule has 0 aromatic carbocycles. The minimum atomic E-state index is 0.655. The van der Waals surface area contributed by atoms with Crippen LogP contribution in [0.3, 0.4) is 0 Å². The molecular formula is C11H10BrClN2. The van der Waals surface area contributed by atoms with Gasteiger partial charge in [0.25, 0.3) is 0 Å². The van der Waals surface area contributed by atoms with Crippen LogP contribution in [0.5, 0.6) is 0 Å². The molecule has 78 valence electrons. The van der Waals surface area contributed by atoms with Crippen LogP contribution in [0.25, 0.3) is 5.57 Å². The molecule has 0 spiro atoms. The van der Waals surface area contributed by atoms with E-state index in [1.165, 1.54) is 5.57 Å². The van der Waals surface area contributed by atoms with Gasteiger partial charge in [0.1, 0.15) is 4.60 Å². The molecule has 2 nitrogen and oxygen atoms in total. The Balaban J connectivity index is 1.93. The van der Waals surface area contributed by atoms with E-state index in [-0.39, 0.29) is 0 Å². The summed E-state index contributed by atoms with van der Waals surface area (Å²) >= 11 is 9.33. The summed E-state index contributed by atoms with van der Waals surface area (Å²) < 4.78 is 0.715. The number of fused-ring (bicyclic) bond motifs is 1. The molecule has 0 radical (unpaired) electrons. The molecule has 1 aliphatic carbocycles. The molecule has 1 saturated heterocycles. The van der Waals surface area contributed by atoms with Crippen molar-refractivity contribution in [2.75, 3.05) is 6.54 Å². The first-order valence-electron chi connectivity index (χ1n) is 4.99. The summed E-state index contributed by atoms with van der Waals surface area (Å²) in [6.07, 6.45) is 5.33. The van der Waals surface area contributed by atoms with Crippen molar-refractivity contribution in [3.8, 4) is 0 Å². The van der Waals surface area contributed by atoms with Gasteiger partial charge in [0.15, 0.2) is 0 Å². The van der Waals surface area contributed by atoms with E-state index in [1.807, 2.05) is 12.3 Å². The topological polar surface area (TPSA) is 24.9 Å². The highest BCUT2D eigenvalue weighted by atomic mass is 79.9. The zero-order valence-corrected chi connectivity index (χ0v) is 10.3. The first-order valence-corrected chi connectivity index (χ1v) is 6.16. The van der Waals surface area contributed by atoms with Gasteiger partial charge in [-0.25, -0.2) is 4.98 Å². The SMILES string of the molecule is Clc1cc(C2=C[C@H]3CN[C@H]3C2)cnc1Br. The van der Waals surface area contributed by atoms with Crippen LogP contribution in [0.4, 0.5) is 0 Å². The Labute approximate surface area is 102 Å². The molecule has 1 fully saturated rings. The maximum Gasteiger partial charge on any atom is 0.124 e. The summed E-state index contributed by atoms with van der Waals surface area (Å²) in [5.74, 6) is 0.724. The van der Waals surface area contributed by atoms with Gasteiger partial charge >= 0.3 is 0 Å². The molecule has 2 heterocycles. The molecule has 2 atom stereocenters. The van der Waals surface area contributed by atoms with Crippen LogP contribution in [0.15, 0.2) is 22.9 Å². The van der Waals surface area contributed by atoms with E-state index in [0.717, 1.165) is 24.4 Å². The minimum absolute atomic E-state index is 0.655. The van der Waals surface area contributed by atoms with E-state index in [4.69, 9.17) is 11.6 Å². The lowest BCUT2D eigenvalue weighted by Gasteiger charge is -2.31. The molecule has 3 rings (SSSR count). The lowest BCUT2D eigenvalue weighted by Crippen LogP contribution is -2.49. The van der Waals surface area contributed by atoms with Crippen LogP contribution < -0.4 is 5.32 Å². The van der Waals surface area contributed by atoms with Crippen LogP contribution in [-0.4, -0.2) is 17.6 Å². The molecule has 4 heteroatoms. The molecule has 0 bridgehead atoms. The van der Waals surface area contributed by atoms with Crippen LogP contribution in [0, 0.1) is 5.92 Å². The highest BCUT2D eigenvalue weighted by Gasteiger charge is 2.34. The maximum absolute atomic E-state index is 6.03. The number of aromatic nitrogens is 1. The highest BCUT2D eigenvalue weighted by Crippen LogP contribution is 2.36. The van der Waals surface area contributed by atoms with Crippen molar-refractivity contribution in [2.24, 2.45) is 5.92 Å². The standard InChI is InChI=1S/C11H10BrClN2/c12-11-9(13)2-7(4-15-11)6-1-8-5-14-10(8)3-6/h1-2,4,8,10,14H,3,5H2/t8-,10-/m0/s1. The lowest BCUT2D eigenvalue weighted by molar-refractivity contribution is 0.306. The molecule has 1 aromatic rings. The van der Waals surface area contributed by atoms with E-state index in [1.54, 1.807) is 0 Å². The van der Waals surface area contributed by atoms with Crippen LogP contribution in [-0.2, 0) is 0 Å². The Hall–Kier alpha value is -0.380. The Kier molecular flexibility index (Phi) is 2.34. The van der Waals surface area contributed by atoms with Crippen molar-refractivity contribution in [1.82, 2.24) is 10.3 Å². The van der Waals surface area contributed by atoms with Gasteiger partial charge in [0.2, 0.25) is 0 Å². The first kappa shape index (κ1) is 9.82. The summed E-state index contributed by atoms with van der Waals surface area (Å²) in [4.78, 5) is 4.22. The normalized spacial score (nSPS) is 28.3. The fourth-order valence-electron chi connectivity index (χ4n) is 2.19. The van der Waals surface area contributed by atoms with Crippen molar-refractivity contribution < 1.29 is 0 Å². The highest BCUT2D eigenvalue weighted by molar-refractivity contribution is 9.10. The van der Waals surface area contributed by atoms with Crippen molar-refractivity contribution >= 4 is 33.1 Å². The Morgan fingerprint density at radius 1 is 1.53 bits per heavy atom. The van der Waals surface area contributed by atoms with Gasteiger partial charge in [-0.1, -0.05) is 17.7 Å². The van der Waals surface area contributed by atoms with Gasteiger partial charge in [0, 0.05) is 24.7 Å². The van der Waals surface area contributed by atoms with E-state index < -0.39 is 0 Å². The molecule has 1 aliphatic heterocycles. The number of rotatable bonds is 1. The van der Waals surface area contributed by atoms with Gasteiger partial charge in [-0.3, -0.25) is 0 Å². The zero-order chi connectivity index (χ0) is 10.4. The third-order valence-electron chi connectivity index (χ3n) is 3.15. The Morgan fingerprint density at radius 2 is 2.40 bits per heavy atom. The second-order valence-electron chi connectivity index (χ2n) is 4.07. The smallest absolute Gasteiger partial charge is 0.124 e. The zero-order valence-electron chi connectivity index (χ0n) is 8.00. The molecule has 0 unspecified atom stereocenters. The molecule has 1 aromatic heterocycles. The Morgan fingerprint density at radius 3 is 2.93 bits per heavy atom. The van der Waals surface area contributed by atoms with Crippen molar-refractivity contribution in [3.63, 3.8) is 0 Å².